The first-order valence-corrected chi connectivity index (χ1v) is 16.0. The Kier molecular flexibility index (Phi) is 12.0. The number of fused-ring (bicyclic) bond motifs is 1. The van der Waals surface area contributed by atoms with Gasteiger partial charge in [-0.05, 0) is 70.4 Å². The lowest BCUT2D eigenvalue weighted by atomic mass is 9.84. The highest BCUT2D eigenvalue weighted by Crippen LogP contribution is 2.47. The van der Waals surface area contributed by atoms with Gasteiger partial charge in [-0.1, -0.05) is 13.3 Å². The number of hydrogen-bond donors (Lipinski definition) is 1. The van der Waals surface area contributed by atoms with Crippen LogP contribution in [0.3, 0.4) is 0 Å². The smallest absolute Gasteiger partial charge is 0.319 e. The van der Waals surface area contributed by atoms with E-state index in [9.17, 15) is 19.5 Å². The third-order valence-electron chi connectivity index (χ3n) is 9.11. The SMILES string of the molecule is CCCCN(CCCCN(C)C)C(=O)CN1C[C@H](c2cc(OC)c3c(c2)OCO3)[C@@H](C(=O)O)[C@@H]1CCN1CCCN(C)C1=O. The number of likely N-dealkylation sites (tertiary alicyclic amines) is 1. The van der Waals surface area contributed by atoms with Crippen molar-refractivity contribution >= 4 is 17.9 Å². The van der Waals surface area contributed by atoms with Gasteiger partial charge < -0.3 is 38.9 Å². The maximum atomic E-state index is 13.9. The van der Waals surface area contributed by atoms with Crippen molar-refractivity contribution in [1.82, 2.24) is 24.5 Å². The lowest BCUT2D eigenvalue weighted by molar-refractivity contribution is -0.144. The first-order valence-electron chi connectivity index (χ1n) is 16.0. The average Bonchev–Trinajstić information content (AvgIpc) is 3.61. The van der Waals surface area contributed by atoms with Gasteiger partial charge in [0.2, 0.25) is 18.4 Å². The molecule has 0 radical (unpaired) electrons. The van der Waals surface area contributed by atoms with Crippen LogP contribution in [0, 0.1) is 5.92 Å². The molecule has 0 saturated carbocycles. The Morgan fingerprint density at radius 3 is 2.55 bits per heavy atom. The molecule has 3 heterocycles. The minimum absolute atomic E-state index is 0.0233. The van der Waals surface area contributed by atoms with Crippen LogP contribution in [0.2, 0.25) is 0 Å². The van der Waals surface area contributed by atoms with E-state index < -0.39 is 23.8 Å². The number of carbonyl (C=O) groups excluding carboxylic acids is 2. The number of urea groups is 1. The monoisotopic (exact) mass is 617 g/mol. The van der Waals surface area contributed by atoms with E-state index >= 15 is 0 Å². The molecule has 246 valence electrons. The van der Waals surface area contributed by atoms with Crippen LogP contribution in [-0.4, -0.2) is 141 Å². The first-order chi connectivity index (χ1) is 21.1. The lowest BCUT2D eigenvalue weighted by Gasteiger charge is -2.35. The summed E-state index contributed by atoms with van der Waals surface area (Å²) in [5, 5.41) is 10.6. The second-order valence-electron chi connectivity index (χ2n) is 12.5. The molecule has 0 aliphatic carbocycles. The Bertz CT molecular complexity index is 1150. The second-order valence-corrected chi connectivity index (χ2v) is 12.5. The summed E-state index contributed by atoms with van der Waals surface area (Å²) < 4.78 is 16.8. The Morgan fingerprint density at radius 2 is 1.84 bits per heavy atom. The standard InChI is InChI=1S/C32H51N5O7/c1-6-7-14-35(15-9-8-12-33(2)3)28(38)21-37-20-24(23-18-26(42-5)30-27(19-23)43-22-44-30)29(31(39)40)25(37)11-17-36-16-10-13-34(4)32(36)41/h18-19,24-25,29H,6-17,20-22H2,1-5H3,(H,39,40)/t24-,25+,29-/m1/s1. The van der Waals surface area contributed by atoms with Crippen molar-refractivity contribution in [2.45, 2.75) is 57.4 Å². The Hall–Kier alpha value is -3.25. The van der Waals surface area contributed by atoms with E-state index in [-0.39, 0.29) is 25.3 Å². The van der Waals surface area contributed by atoms with Gasteiger partial charge in [-0.25, -0.2) is 4.79 Å². The zero-order valence-electron chi connectivity index (χ0n) is 27.1. The van der Waals surface area contributed by atoms with Crippen LogP contribution in [0.4, 0.5) is 4.79 Å². The van der Waals surface area contributed by atoms with Gasteiger partial charge >= 0.3 is 12.0 Å². The summed E-state index contributed by atoms with van der Waals surface area (Å²) in [4.78, 5) is 49.3. The Morgan fingerprint density at radius 1 is 1.09 bits per heavy atom. The van der Waals surface area contributed by atoms with Crippen LogP contribution in [0.25, 0.3) is 0 Å². The molecular weight excluding hydrogens is 566 g/mol. The van der Waals surface area contributed by atoms with Crippen molar-refractivity contribution in [2.75, 3.05) is 87.4 Å². The van der Waals surface area contributed by atoms with E-state index in [1.807, 2.05) is 36.0 Å². The lowest BCUT2D eigenvalue weighted by Crippen LogP contribution is -2.50. The van der Waals surface area contributed by atoms with Crippen LogP contribution >= 0.6 is 0 Å². The predicted octanol–water partition coefficient (Wildman–Crippen LogP) is 3.01. The van der Waals surface area contributed by atoms with Gasteiger partial charge in [-0.15, -0.1) is 0 Å². The van der Waals surface area contributed by atoms with Gasteiger partial charge in [0.1, 0.15) is 0 Å². The quantitative estimate of drug-likeness (QED) is 0.280. The van der Waals surface area contributed by atoms with Crippen LogP contribution < -0.4 is 14.2 Å². The minimum Gasteiger partial charge on any atom is -0.493 e. The summed E-state index contributed by atoms with van der Waals surface area (Å²) in [6.45, 7) is 6.86. The fourth-order valence-electron chi connectivity index (χ4n) is 6.70. The maximum absolute atomic E-state index is 13.9. The van der Waals surface area contributed by atoms with Crippen molar-refractivity contribution < 1.29 is 33.7 Å². The molecule has 1 N–H and O–H groups in total. The summed E-state index contributed by atoms with van der Waals surface area (Å²) in [5.74, 6) is -0.545. The maximum Gasteiger partial charge on any atom is 0.319 e. The van der Waals surface area contributed by atoms with Crippen molar-refractivity contribution in [3.63, 3.8) is 0 Å². The Balaban J connectivity index is 1.59. The van der Waals surface area contributed by atoms with E-state index in [2.05, 4.69) is 11.8 Å². The number of carboxylic acid groups (broad SMARTS) is 1. The molecule has 3 aliphatic heterocycles. The number of ether oxygens (including phenoxy) is 3. The van der Waals surface area contributed by atoms with Crippen molar-refractivity contribution in [1.29, 1.82) is 0 Å². The van der Waals surface area contributed by atoms with Gasteiger partial charge in [0.25, 0.3) is 0 Å². The van der Waals surface area contributed by atoms with Crippen LogP contribution in [0.15, 0.2) is 12.1 Å². The summed E-state index contributed by atoms with van der Waals surface area (Å²) >= 11 is 0. The minimum atomic E-state index is -0.916. The number of unbranched alkanes of at least 4 members (excludes halogenated alkanes) is 2. The Labute approximate surface area is 261 Å². The van der Waals surface area contributed by atoms with Crippen molar-refractivity contribution in [2.24, 2.45) is 5.92 Å². The molecule has 12 nitrogen and oxygen atoms in total. The number of hydrogen-bond acceptors (Lipinski definition) is 8. The van der Waals surface area contributed by atoms with Crippen molar-refractivity contribution in [3.8, 4) is 17.2 Å². The fraction of sp³-hybridized carbons (Fsp3) is 0.719. The molecular formula is C32H51N5O7. The molecule has 0 spiro atoms. The number of amides is 3. The number of rotatable bonds is 16. The molecule has 44 heavy (non-hydrogen) atoms. The van der Waals surface area contributed by atoms with Gasteiger partial charge in [0.05, 0.1) is 19.6 Å². The van der Waals surface area contributed by atoms with Crippen LogP contribution in [0.1, 0.15) is 56.9 Å². The van der Waals surface area contributed by atoms with E-state index in [1.165, 1.54) is 0 Å². The molecule has 3 atom stereocenters. The van der Waals surface area contributed by atoms with Crippen LogP contribution in [-0.2, 0) is 9.59 Å². The summed E-state index contributed by atoms with van der Waals surface area (Å²) in [6, 6.07) is 3.21. The molecule has 3 aliphatic rings. The summed E-state index contributed by atoms with van der Waals surface area (Å²) in [5.41, 5.74) is 0.777. The van der Waals surface area contributed by atoms with E-state index in [1.54, 1.807) is 24.0 Å². The van der Waals surface area contributed by atoms with E-state index in [4.69, 9.17) is 14.2 Å². The molecule has 3 amide bonds. The number of carbonyl (C=O) groups is 3. The number of benzene rings is 1. The zero-order chi connectivity index (χ0) is 31.8. The highest BCUT2D eigenvalue weighted by Gasteiger charge is 2.48. The molecule has 12 heteroatoms. The average molecular weight is 618 g/mol. The first kappa shape index (κ1) is 33.6. The fourth-order valence-corrected chi connectivity index (χ4v) is 6.70. The highest BCUT2D eigenvalue weighted by molar-refractivity contribution is 5.79. The molecule has 2 fully saturated rings. The normalized spacial score (nSPS) is 21.8. The second kappa shape index (κ2) is 15.7. The number of nitrogens with zero attached hydrogens (tertiary/aromatic N) is 5. The van der Waals surface area contributed by atoms with Gasteiger partial charge in [-0.2, -0.15) is 0 Å². The van der Waals surface area contributed by atoms with Gasteiger partial charge in [0.15, 0.2) is 11.5 Å². The third kappa shape index (κ3) is 8.06. The van der Waals surface area contributed by atoms with Crippen LogP contribution in [0.5, 0.6) is 17.2 Å². The molecule has 0 bridgehead atoms. The highest BCUT2D eigenvalue weighted by atomic mass is 16.7. The molecule has 0 unspecified atom stereocenters. The van der Waals surface area contributed by atoms with E-state index in [0.29, 0.717) is 62.9 Å². The molecule has 0 aromatic heterocycles. The largest absolute Gasteiger partial charge is 0.493 e. The van der Waals surface area contributed by atoms with Gasteiger partial charge in [-0.3, -0.25) is 14.5 Å². The molecule has 4 rings (SSSR count). The molecule has 1 aromatic rings. The van der Waals surface area contributed by atoms with Gasteiger partial charge in [0, 0.05) is 58.3 Å². The zero-order valence-corrected chi connectivity index (χ0v) is 27.1. The third-order valence-corrected chi connectivity index (χ3v) is 9.11. The topological polar surface area (TPSA) is 115 Å². The predicted molar refractivity (Wildman–Crippen MR) is 166 cm³/mol. The number of methoxy groups -OCH3 is 1. The number of carboxylic acids is 1. The van der Waals surface area contributed by atoms with Crippen molar-refractivity contribution in [3.05, 3.63) is 17.7 Å². The molecule has 2 saturated heterocycles. The van der Waals surface area contributed by atoms with E-state index in [0.717, 1.165) is 44.2 Å². The number of aliphatic carboxylic acids is 1. The summed E-state index contributed by atoms with van der Waals surface area (Å²) in [6.07, 6.45) is 5.16. The molecule has 1 aromatic carbocycles. The summed E-state index contributed by atoms with van der Waals surface area (Å²) in [7, 11) is 7.44.